The number of aliphatic hydroxyl groups excluding tert-OH is 2. The molecule has 0 aromatic carbocycles. The molecule has 0 saturated carbocycles. The number of hydrogen-bond donors (Lipinski definition) is 5. The molecule has 0 aliphatic carbocycles. The van der Waals surface area contributed by atoms with Gasteiger partial charge in [-0.25, -0.2) is 25.1 Å². The normalized spacial score (nSPS) is 23.5. The van der Waals surface area contributed by atoms with Crippen LogP contribution in [0, 0.1) is 12.3 Å². The molecule has 43 heavy (non-hydrogen) atoms. The Hall–Kier alpha value is -3.16. The van der Waals surface area contributed by atoms with Crippen molar-refractivity contribution in [1.82, 2.24) is 29.7 Å². The van der Waals surface area contributed by atoms with Gasteiger partial charge in [-0.05, 0) is 32.6 Å². The van der Waals surface area contributed by atoms with Crippen LogP contribution in [0.15, 0.2) is 12.7 Å². The molecule has 0 radical (unpaired) electrons. The maximum atomic E-state index is 14.2. The van der Waals surface area contributed by atoms with Crippen LogP contribution in [0.25, 0.3) is 11.2 Å². The number of nitrogen functional groups attached to an aromatic ring is 1. The molecular weight excluding hydrogens is 585 g/mol. The number of fused-ring (bicyclic) bond motifs is 1. The van der Waals surface area contributed by atoms with Crippen LogP contribution in [0.2, 0.25) is 0 Å². The zero-order chi connectivity index (χ0) is 31.8. The average molecular weight is 626 g/mol. The van der Waals surface area contributed by atoms with Gasteiger partial charge in [0, 0.05) is 0 Å². The Morgan fingerprint density at radius 3 is 2.26 bits per heavy atom. The number of aliphatic hydroxyl groups is 2. The van der Waals surface area contributed by atoms with Crippen molar-refractivity contribution in [3.63, 3.8) is 0 Å². The maximum absolute atomic E-state index is 14.2. The minimum atomic E-state index is -4.05. The maximum Gasteiger partial charge on any atom is 0.323 e. The number of nitrogens with zero attached hydrogens (tertiary/aromatic N) is 4. The zero-order valence-corrected chi connectivity index (χ0v) is 25.5. The third-order valence-electron chi connectivity index (χ3n) is 6.62. The molecule has 6 atom stereocenters. The van der Waals surface area contributed by atoms with Crippen LogP contribution in [0.5, 0.6) is 0 Å². The lowest BCUT2D eigenvalue weighted by Gasteiger charge is -2.31. The first-order chi connectivity index (χ1) is 20.4. The number of unbranched alkanes of at least 4 members (excludes halogenated alkanes) is 2. The van der Waals surface area contributed by atoms with Crippen LogP contribution < -0.4 is 15.9 Å². The number of carbonyl (C=O) groups excluding carboxylic acids is 2. The molecule has 0 spiro atoms. The number of rotatable bonds is 16. The molecule has 1 fully saturated rings. The summed E-state index contributed by atoms with van der Waals surface area (Å²) in [7, 11) is -4.05. The first kappa shape index (κ1) is 34.3. The number of ether oxygens (including phenoxy) is 4. The van der Waals surface area contributed by atoms with Gasteiger partial charge in [0.25, 0.3) is 5.79 Å². The highest BCUT2D eigenvalue weighted by molar-refractivity contribution is 7.59. The molecule has 2 aromatic heterocycles. The van der Waals surface area contributed by atoms with Gasteiger partial charge in [0.2, 0.25) is 7.44 Å². The fraction of sp³-hybridized carbons (Fsp3) is 0.654. The molecule has 3 rings (SSSR count). The lowest BCUT2D eigenvalue weighted by molar-refractivity contribution is -0.219. The fourth-order valence-corrected chi connectivity index (χ4v) is 6.23. The van der Waals surface area contributed by atoms with Crippen LogP contribution in [-0.4, -0.2) is 91.3 Å². The van der Waals surface area contributed by atoms with Crippen molar-refractivity contribution in [2.75, 3.05) is 25.3 Å². The van der Waals surface area contributed by atoms with Gasteiger partial charge in [-0.3, -0.25) is 18.7 Å². The molecule has 17 heteroatoms. The lowest BCUT2D eigenvalue weighted by Crippen LogP contribution is -2.47. The van der Waals surface area contributed by atoms with Gasteiger partial charge < -0.3 is 34.9 Å². The van der Waals surface area contributed by atoms with Gasteiger partial charge in [-0.2, -0.15) is 0 Å². The molecule has 3 heterocycles. The number of esters is 2. The molecule has 0 amide bonds. The molecule has 2 aromatic rings. The van der Waals surface area contributed by atoms with E-state index in [0.717, 1.165) is 12.8 Å². The quantitative estimate of drug-likeness (QED) is 0.0753. The Morgan fingerprint density at radius 1 is 1.14 bits per heavy atom. The second-order valence-corrected chi connectivity index (χ2v) is 12.3. The van der Waals surface area contributed by atoms with Crippen molar-refractivity contribution in [3.05, 3.63) is 12.7 Å². The van der Waals surface area contributed by atoms with Crippen molar-refractivity contribution in [2.24, 2.45) is 0 Å². The average Bonchev–Trinajstić information content (AvgIpc) is 3.52. The SMILES string of the molecule is C#C[C@]1(OCP(=O)(N[C@@H](C)C(=O)OCCCC)N[C@@H](C)C(=O)OCCCC)O[C@@H](n2cnc3c(N)ncnc32)[C@H](O)[C@@H]1O. The number of imidazole rings is 1. The highest BCUT2D eigenvalue weighted by atomic mass is 31.2. The van der Waals surface area contributed by atoms with Crippen molar-refractivity contribution in [2.45, 2.75) is 89.7 Å². The topological polar surface area (TPSA) is 222 Å². The van der Waals surface area contributed by atoms with Gasteiger partial charge in [-0.1, -0.05) is 26.7 Å². The van der Waals surface area contributed by atoms with Crippen LogP contribution in [0.4, 0.5) is 5.82 Å². The number of aromatic nitrogens is 4. The minimum absolute atomic E-state index is 0.0824. The Morgan fingerprint density at radius 2 is 1.72 bits per heavy atom. The predicted molar refractivity (Wildman–Crippen MR) is 154 cm³/mol. The third kappa shape index (κ3) is 8.07. The standard InChI is InChI=1S/C26H40N7O9P/c1-6-9-11-39-24(36)16(4)31-43(38,32-17(5)25(37)40-12-10-7-2)15-41-26(8-3)20(35)19(34)23(42-26)33-14-30-18-21(27)28-13-29-22(18)33/h3,13-14,16-17,19-20,23,34-35H,6-7,9-12,15H2,1-2,4-5H3,(H2,27,28,29)(H2,31,32,38)/t16-,17-,19+,20-,23+,26-/m0/s1. The first-order valence-corrected chi connectivity index (χ1v) is 15.9. The van der Waals surface area contributed by atoms with Crippen LogP contribution in [-0.2, 0) is 33.1 Å². The summed E-state index contributed by atoms with van der Waals surface area (Å²) < 4.78 is 37.5. The number of nitrogens with two attached hydrogens (primary N) is 1. The summed E-state index contributed by atoms with van der Waals surface area (Å²) in [5.41, 5.74) is 6.26. The highest BCUT2D eigenvalue weighted by Crippen LogP contribution is 2.44. The van der Waals surface area contributed by atoms with Crippen LogP contribution >= 0.6 is 7.44 Å². The van der Waals surface area contributed by atoms with Crippen molar-refractivity contribution in [3.8, 4) is 12.3 Å². The zero-order valence-electron chi connectivity index (χ0n) is 24.6. The third-order valence-corrected chi connectivity index (χ3v) is 8.72. The van der Waals surface area contributed by atoms with Gasteiger partial charge >= 0.3 is 11.9 Å². The summed E-state index contributed by atoms with van der Waals surface area (Å²) in [5, 5.41) is 27.2. The summed E-state index contributed by atoms with van der Waals surface area (Å²) in [5.74, 6) is -1.39. The molecule has 1 aliphatic heterocycles. The Balaban J connectivity index is 1.83. The molecule has 16 nitrogen and oxygen atoms in total. The minimum Gasteiger partial charge on any atom is -0.465 e. The smallest absolute Gasteiger partial charge is 0.323 e. The van der Waals surface area contributed by atoms with E-state index in [1.807, 2.05) is 13.8 Å². The summed E-state index contributed by atoms with van der Waals surface area (Å²) in [6.07, 6.45) is 5.47. The first-order valence-electron chi connectivity index (χ1n) is 14.0. The highest BCUT2D eigenvalue weighted by Gasteiger charge is 2.56. The summed E-state index contributed by atoms with van der Waals surface area (Å²) in [4.78, 5) is 37.2. The molecule has 238 valence electrons. The number of anilines is 1. The van der Waals surface area contributed by atoms with Crippen LogP contribution in [0.1, 0.15) is 59.6 Å². The molecule has 1 aliphatic rings. The Labute approximate surface area is 249 Å². The Bertz CT molecular complexity index is 1320. The summed E-state index contributed by atoms with van der Waals surface area (Å²) in [6, 6.07) is -2.20. The predicted octanol–water partition coefficient (Wildman–Crippen LogP) is 0.799. The second-order valence-electron chi connectivity index (χ2n) is 10.1. The van der Waals surface area contributed by atoms with Gasteiger partial charge in [0.15, 0.2) is 23.8 Å². The molecule has 0 bridgehead atoms. The lowest BCUT2D eigenvalue weighted by atomic mass is 10.1. The van der Waals surface area contributed by atoms with Crippen LogP contribution in [0.3, 0.4) is 0 Å². The molecule has 6 N–H and O–H groups in total. The van der Waals surface area contributed by atoms with Crippen molar-refractivity contribution < 1.29 is 43.3 Å². The van der Waals surface area contributed by atoms with Gasteiger partial charge in [0.05, 0.1) is 19.5 Å². The van der Waals surface area contributed by atoms with E-state index < -0.39 is 62.0 Å². The van der Waals surface area contributed by atoms with E-state index >= 15 is 0 Å². The van der Waals surface area contributed by atoms with E-state index in [4.69, 9.17) is 31.1 Å². The monoisotopic (exact) mass is 625 g/mol. The van der Waals surface area contributed by atoms with E-state index in [1.165, 1.54) is 31.1 Å². The number of carbonyl (C=O) groups is 2. The Kier molecular flexibility index (Phi) is 12.0. The van der Waals surface area contributed by atoms with Crippen molar-refractivity contribution >= 4 is 36.4 Å². The fourth-order valence-electron chi connectivity index (χ4n) is 4.17. The largest absolute Gasteiger partial charge is 0.465 e. The van der Waals surface area contributed by atoms with Crippen molar-refractivity contribution in [1.29, 1.82) is 0 Å². The van der Waals surface area contributed by atoms with E-state index in [0.29, 0.717) is 12.8 Å². The number of terminal acetylenes is 1. The van der Waals surface area contributed by atoms with Gasteiger partial charge in [-0.15, -0.1) is 6.42 Å². The van der Waals surface area contributed by atoms with Gasteiger partial charge in [0.1, 0.15) is 36.4 Å². The van der Waals surface area contributed by atoms with E-state index in [2.05, 4.69) is 31.0 Å². The summed E-state index contributed by atoms with van der Waals surface area (Å²) >= 11 is 0. The molecular formula is C26H40N7O9P. The van der Waals surface area contributed by atoms with E-state index in [1.54, 1.807) is 0 Å². The number of hydrogen-bond acceptors (Lipinski definition) is 13. The molecule has 1 saturated heterocycles. The summed E-state index contributed by atoms with van der Waals surface area (Å²) in [6.45, 7) is 7.09. The second kappa shape index (κ2) is 15.0. The van der Waals surface area contributed by atoms with E-state index in [-0.39, 0.29) is 30.2 Å². The van der Waals surface area contributed by atoms with E-state index in [9.17, 15) is 24.4 Å². The molecule has 0 unspecified atom stereocenters. The number of nitrogens with one attached hydrogen (secondary N) is 2.